The Kier molecular flexibility index (Phi) is 5.87. The van der Waals surface area contributed by atoms with Gasteiger partial charge in [-0.3, -0.25) is 4.79 Å². The number of nitrogen functional groups attached to an aromatic ring is 1. The van der Waals surface area contributed by atoms with E-state index in [0.717, 1.165) is 25.2 Å². The van der Waals surface area contributed by atoms with Crippen LogP contribution in [0, 0.1) is 0 Å². The molecule has 0 saturated carbocycles. The van der Waals surface area contributed by atoms with E-state index in [9.17, 15) is 4.79 Å². The van der Waals surface area contributed by atoms with Crippen molar-refractivity contribution in [3.63, 3.8) is 0 Å². The molecule has 0 bridgehead atoms. The molecule has 2 N–H and O–H groups in total. The molecular weight excluding hydrogens is 268 g/mol. The average molecular weight is 292 g/mol. The van der Waals surface area contributed by atoms with Crippen LogP contribution in [0.5, 0.6) is 5.75 Å². The number of hydrogen-bond acceptors (Lipinski definition) is 4. The summed E-state index contributed by atoms with van der Waals surface area (Å²) < 4.78 is 11.1. The maximum Gasteiger partial charge on any atom is 0.226 e. The number of ether oxygens (including phenoxy) is 2. The molecule has 1 aliphatic rings. The van der Waals surface area contributed by atoms with Gasteiger partial charge in [-0.1, -0.05) is 0 Å². The lowest BCUT2D eigenvalue weighted by atomic mass is 10.2. The van der Waals surface area contributed by atoms with E-state index in [-0.39, 0.29) is 12.0 Å². The van der Waals surface area contributed by atoms with Crippen molar-refractivity contribution in [2.24, 2.45) is 0 Å². The molecule has 5 nitrogen and oxygen atoms in total. The Balaban J connectivity index is 1.72. The summed E-state index contributed by atoms with van der Waals surface area (Å²) in [5.74, 6) is 0.850. The quantitative estimate of drug-likeness (QED) is 0.781. The van der Waals surface area contributed by atoms with E-state index in [1.807, 2.05) is 24.0 Å². The number of carbonyl (C=O) groups excluding carboxylic acids is 1. The predicted octanol–water partition coefficient (Wildman–Crippen LogP) is 2.07. The van der Waals surface area contributed by atoms with Crippen LogP contribution in [-0.2, 0) is 9.53 Å². The fourth-order valence-electron chi connectivity index (χ4n) is 2.42. The smallest absolute Gasteiger partial charge is 0.226 e. The molecule has 0 aromatic heterocycles. The maximum absolute atomic E-state index is 12.2. The van der Waals surface area contributed by atoms with Gasteiger partial charge in [0.05, 0.1) is 19.1 Å². The minimum Gasteiger partial charge on any atom is -0.493 e. The largest absolute Gasteiger partial charge is 0.493 e. The average Bonchev–Trinajstić information content (AvgIpc) is 2.99. The third kappa shape index (κ3) is 4.93. The topological polar surface area (TPSA) is 64.8 Å². The van der Waals surface area contributed by atoms with Gasteiger partial charge in [-0.15, -0.1) is 0 Å². The molecule has 1 saturated heterocycles. The molecule has 0 aliphatic carbocycles. The van der Waals surface area contributed by atoms with Gasteiger partial charge >= 0.3 is 0 Å². The second kappa shape index (κ2) is 7.88. The Hall–Kier alpha value is -1.75. The third-order valence-electron chi connectivity index (χ3n) is 3.65. The lowest BCUT2D eigenvalue weighted by Crippen LogP contribution is -2.37. The molecule has 1 aromatic rings. The van der Waals surface area contributed by atoms with Crippen molar-refractivity contribution in [1.82, 2.24) is 4.90 Å². The molecule has 2 rings (SSSR count). The minimum absolute atomic E-state index is 0.114. The summed E-state index contributed by atoms with van der Waals surface area (Å²) in [5, 5.41) is 0. The number of likely N-dealkylation sites (N-methyl/N-ethyl adjacent to an activating group) is 1. The van der Waals surface area contributed by atoms with Gasteiger partial charge in [0.15, 0.2) is 0 Å². The normalized spacial score (nSPS) is 17.7. The van der Waals surface area contributed by atoms with E-state index in [0.29, 0.717) is 31.8 Å². The van der Waals surface area contributed by atoms with Crippen molar-refractivity contribution in [3.05, 3.63) is 24.3 Å². The molecule has 1 unspecified atom stereocenters. The number of carbonyl (C=O) groups is 1. The van der Waals surface area contributed by atoms with E-state index in [4.69, 9.17) is 15.2 Å². The van der Waals surface area contributed by atoms with E-state index < -0.39 is 0 Å². The third-order valence-corrected chi connectivity index (χ3v) is 3.65. The molecule has 1 atom stereocenters. The van der Waals surface area contributed by atoms with Gasteiger partial charge in [-0.05, 0) is 44.0 Å². The monoisotopic (exact) mass is 292 g/mol. The second-order valence-electron chi connectivity index (χ2n) is 5.23. The maximum atomic E-state index is 12.2. The van der Waals surface area contributed by atoms with Crippen LogP contribution in [0.2, 0.25) is 0 Å². The van der Waals surface area contributed by atoms with Crippen LogP contribution < -0.4 is 10.5 Å². The summed E-state index contributed by atoms with van der Waals surface area (Å²) in [7, 11) is 0. The van der Waals surface area contributed by atoms with Crippen LogP contribution in [-0.4, -0.2) is 43.2 Å². The summed E-state index contributed by atoms with van der Waals surface area (Å²) in [6, 6.07) is 7.19. The summed E-state index contributed by atoms with van der Waals surface area (Å²) in [6.45, 7) is 4.59. The number of amides is 1. The van der Waals surface area contributed by atoms with E-state index in [1.165, 1.54) is 0 Å². The van der Waals surface area contributed by atoms with Crippen LogP contribution >= 0.6 is 0 Å². The van der Waals surface area contributed by atoms with Crippen LogP contribution in [0.25, 0.3) is 0 Å². The first-order chi connectivity index (χ1) is 10.2. The van der Waals surface area contributed by atoms with Gasteiger partial charge in [-0.25, -0.2) is 0 Å². The van der Waals surface area contributed by atoms with Crippen LogP contribution in [0.3, 0.4) is 0 Å². The van der Waals surface area contributed by atoms with Crippen LogP contribution in [0.1, 0.15) is 26.2 Å². The molecule has 21 heavy (non-hydrogen) atoms. The molecule has 1 fully saturated rings. The van der Waals surface area contributed by atoms with Crippen LogP contribution in [0.4, 0.5) is 5.69 Å². The first-order valence-electron chi connectivity index (χ1n) is 7.56. The molecule has 116 valence electrons. The molecule has 5 heteroatoms. The molecule has 1 aromatic carbocycles. The Morgan fingerprint density at radius 3 is 2.81 bits per heavy atom. The standard InChI is InChI=1S/C16H24N2O3/c1-2-18(12-15-4-3-10-20-15)16(19)9-11-21-14-7-5-13(17)6-8-14/h5-8,15H,2-4,9-12,17H2,1H3. The summed E-state index contributed by atoms with van der Waals surface area (Å²) in [6.07, 6.45) is 2.72. The highest BCUT2D eigenvalue weighted by Crippen LogP contribution is 2.15. The molecule has 1 amide bonds. The van der Waals surface area contributed by atoms with Gasteiger partial charge in [0.2, 0.25) is 5.91 Å². The molecule has 0 spiro atoms. The Labute approximate surface area is 126 Å². The Morgan fingerprint density at radius 1 is 1.43 bits per heavy atom. The SMILES string of the molecule is CCN(CC1CCCO1)C(=O)CCOc1ccc(N)cc1. The van der Waals surface area contributed by atoms with Gasteiger partial charge in [0, 0.05) is 25.4 Å². The number of benzene rings is 1. The van der Waals surface area contributed by atoms with Crippen molar-refractivity contribution in [2.75, 3.05) is 32.0 Å². The lowest BCUT2D eigenvalue weighted by Gasteiger charge is -2.24. The number of hydrogen-bond donors (Lipinski definition) is 1. The van der Waals surface area contributed by atoms with Gasteiger partial charge in [-0.2, -0.15) is 0 Å². The van der Waals surface area contributed by atoms with Gasteiger partial charge < -0.3 is 20.1 Å². The van der Waals surface area contributed by atoms with Crippen molar-refractivity contribution >= 4 is 11.6 Å². The first kappa shape index (κ1) is 15.6. The fraction of sp³-hybridized carbons (Fsp3) is 0.562. The zero-order chi connectivity index (χ0) is 15.1. The minimum atomic E-state index is 0.114. The van der Waals surface area contributed by atoms with E-state index in [2.05, 4.69) is 0 Å². The Morgan fingerprint density at radius 2 is 2.19 bits per heavy atom. The van der Waals surface area contributed by atoms with Crippen molar-refractivity contribution in [1.29, 1.82) is 0 Å². The van der Waals surface area contributed by atoms with E-state index >= 15 is 0 Å². The molecule has 0 radical (unpaired) electrons. The lowest BCUT2D eigenvalue weighted by molar-refractivity contribution is -0.133. The number of nitrogens with zero attached hydrogens (tertiary/aromatic N) is 1. The molecule has 1 heterocycles. The molecular formula is C16H24N2O3. The van der Waals surface area contributed by atoms with Crippen molar-refractivity contribution in [3.8, 4) is 5.75 Å². The summed E-state index contributed by atoms with van der Waals surface area (Å²) >= 11 is 0. The zero-order valence-electron chi connectivity index (χ0n) is 12.6. The van der Waals surface area contributed by atoms with Crippen molar-refractivity contribution in [2.45, 2.75) is 32.3 Å². The van der Waals surface area contributed by atoms with E-state index in [1.54, 1.807) is 12.1 Å². The summed E-state index contributed by atoms with van der Waals surface area (Å²) in [4.78, 5) is 14.0. The molecule has 1 aliphatic heterocycles. The van der Waals surface area contributed by atoms with Crippen molar-refractivity contribution < 1.29 is 14.3 Å². The van der Waals surface area contributed by atoms with Gasteiger partial charge in [0.1, 0.15) is 5.75 Å². The Bertz CT molecular complexity index is 441. The highest BCUT2D eigenvalue weighted by molar-refractivity contribution is 5.76. The highest BCUT2D eigenvalue weighted by atomic mass is 16.5. The number of nitrogens with two attached hydrogens (primary N) is 1. The van der Waals surface area contributed by atoms with Gasteiger partial charge in [0.25, 0.3) is 0 Å². The summed E-state index contributed by atoms with van der Waals surface area (Å²) in [5.41, 5.74) is 6.31. The number of rotatable bonds is 7. The number of anilines is 1. The zero-order valence-corrected chi connectivity index (χ0v) is 12.6. The fourth-order valence-corrected chi connectivity index (χ4v) is 2.42. The predicted molar refractivity (Wildman–Crippen MR) is 82.2 cm³/mol. The highest BCUT2D eigenvalue weighted by Gasteiger charge is 2.21. The first-order valence-corrected chi connectivity index (χ1v) is 7.56. The van der Waals surface area contributed by atoms with Crippen LogP contribution in [0.15, 0.2) is 24.3 Å². The second-order valence-corrected chi connectivity index (χ2v) is 5.23.